The molecule has 22 heavy (non-hydrogen) atoms. The second-order valence-electron chi connectivity index (χ2n) is 4.63. The second-order valence-corrected chi connectivity index (χ2v) is 4.63. The molecule has 1 rings (SSSR count). The maximum absolute atomic E-state index is 11.5. The number of nitro groups is 1. The van der Waals surface area contributed by atoms with Gasteiger partial charge in [-0.05, 0) is 0 Å². The van der Waals surface area contributed by atoms with E-state index in [0.29, 0.717) is 26.3 Å². The summed E-state index contributed by atoms with van der Waals surface area (Å²) in [5, 5.41) is 13.0. The van der Waals surface area contributed by atoms with Crippen LogP contribution in [0.5, 0.6) is 0 Å². The zero-order valence-corrected chi connectivity index (χ0v) is 13.3. The molecule has 1 aromatic rings. The number of hydrogen-bond acceptors (Lipinski definition) is 9. The molecule has 0 amide bonds. The van der Waals surface area contributed by atoms with Gasteiger partial charge in [-0.2, -0.15) is 0 Å². The van der Waals surface area contributed by atoms with Crippen molar-refractivity contribution < 1.29 is 14.4 Å². The van der Waals surface area contributed by atoms with Crippen molar-refractivity contribution in [3.63, 3.8) is 0 Å². The maximum atomic E-state index is 11.5. The Hall–Kier alpha value is -2.04. The first kappa shape index (κ1) is 18.0. The van der Waals surface area contributed by atoms with Gasteiger partial charge in [-0.25, -0.2) is 15.0 Å². The summed E-state index contributed by atoms with van der Waals surface area (Å²) in [6.07, 6.45) is 1.29. The summed E-state index contributed by atoms with van der Waals surface area (Å²) >= 11 is 0. The van der Waals surface area contributed by atoms with E-state index < -0.39 is 4.92 Å². The lowest BCUT2D eigenvalue weighted by Crippen LogP contribution is -2.32. The summed E-state index contributed by atoms with van der Waals surface area (Å²) in [6.45, 7) is 1.75. The number of nitrogens with one attached hydrogen (secondary N) is 1. The Morgan fingerprint density at radius 3 is 2.27 bits per heavy atom. The van der Waals surface area contributed by atoms with Crippen molar-refractivity contribution >= 4 is 17.3 Å². The Morgan fingerprint density at radius 2 is 1.82 bits per heavy atom. The second kappa shape index (κ2) is 9.07. The molecule has 0 saturated carbocycles. The lowest BCUT2D eigenvalue weighted by atomic mass is 10.3. The van der Waals surface area contributed by atoms with E-state index in [-0.39, 0.29) is 17.3 Å². The van der Waals surface area contributed by atoms with Crippen LogP contribution in [-0.2, 0) is 9.47 Å². The minimum atomic E-state index is -0.492. The van der Waals surface area contributed by atoms with Gasteiger partial charge in [-0.15, -0.1) is 0 Å². The van der Waals surface area contributed by atoms with Crippen LogP contribution >= 0.6 is 0 Å². The lowest BCUT2D eigenvalue weighted by Gasteiger charge is -2.23. The smallest absolute Gasteiger partial charge is 0.354 e. The zero-order valence-electron chi connectivity index (χ0n) is 13.3. The molecule has 0 unspecified atom stereocenters. The van der Waals surface area contributed by atoms with Crippen LogP contribution < -0.4 is 10.3 Å². The van der Waals surface area contributed by atoms with Crippen LogP contribution in [-0.4, -0.2) is 74.5 Å². The Bertz CT molecular complexity index is 477. The summed E-state index contributed by atoms with van der Waals surface area (Å²) in [4.78, 5) is 20.7. The van der Waals surface area contributed by atoms with E-state index in [0.717, 1.165) is 0 Å². The Kier molecular flexibility index (Phi) is 7.43. The van der Waals surface area contributed by atoms with Crippen LogP contribution in [0.25, 0.3) is 0 Å². The summed E-state index contributed by atoms with van der Waals surface area (Å²) in [5.74, 6) is 0.373. The molecule has 0 atom stereocenters. The molecule has 0 radical (unpaired) electrons. The van der Waals surface area contributed by atoms with Crippen LogP contribution in [0.1, 0.15) is 0 Å². The molecule has 0 fully saturated rings. The van der Waals surface area contributed by atoms with Crippen molar-refractivity contribution in [2.24, 2.45) is 0 Å². The molecular formula is C12H22N6O4. The summed E-state index contributed by atoms with van der Waals surface area (Å²) in [6, 6.07) is 0. The lowest BCUT2D eigenvalue weighted by molar-refractivity contribution is -0.383. The van der Waals surface area contributed by atoms with Gasteiger partial charge in [0.2, 0.25) is 11.6 Å². The molecule has 1 N–H and O–H groups in total. The van der Waals surface area contributed by atoms with E-state index >= 15 is 0 Å². The molecule has 0 aromatic carbocycles. The molecule has 10 heteroatoms. The fourth-order valence-electron chi connectivity index (χ4n) is 1.79. The molecule has 0 aliphatic heterocycles. The highest BCUT2D eigenvalue weighted by Crippen LogP contribution is 2.31. The largest absolute Gasteiger partial charge is 0.383 e. The highest BCUT2D eigenvalue weighted by molar-refractivity contribution is 5.70. The standard InChI is InChI=1S/C12H22N6O4/c1-16(2)15-11-10(18(19)20)12(14-9-13-11)17(5-7-21-3)6-8-22-4/h9H,5-8H2,1-4H3,(H,13,14,15). The first-order valence-corrected chi connectivity index (χ1v) is 6.67. The van der Waals surface area contributed by atoms with Crippen molar-refractivity contribution in [1.82, 2.24) is 15.0 Å². The SMILES string of the molecule is COCCN(CCOC)c1ncnc(NN(C)C)c1[N+](=O)[O-]. The van der Waals surface area contributed by atoms with Crippen molar-refractivity contribution in [1.29, 1.82) is 0 Å². The number of nitrogens with zero attached hydrogens (tertiary/aromatic N) is 5. The van der Waals surface area contributed by atoms with E-state index in [1.807, 2.05) is 0 Å². The maximum Gasteiger partial charge on any atom is 0.354 e. The molecule has 0 spiro atoms. The molecule has 0 aliphatic rings. The first-order valence-electron chi connectivity index (χ1n) is 6.67. The predicted octanol–water partition coefficient (Wildman–Crippen LogP) is 0.373. The average molecular weight is 314 g/mol. The number of methoxy groups -OCH3 is 2. The van der Waals surface area contributed by atoms with E-state index in [4.69, 9.17) is 9.47 Å². The van der Waals surface area contributed by atoms with Gasteiger partial charge < -0.3 is 14.4 Å². The van der Waals surface area contributed by atoms with Gasteiger partial charge in [0.15, 0.2) is 0 Å². The van der Waals surface area contributed by atoms with Crippen LogP contribution in [0, 0.1) is 10.1 Å². The van der Waals surface area contributed by atoms with Gasteiger partial charge in [-0.1, -0.05) is 0 Å². The van der Waals surface area contributed by atoms with Crippen molar-refractivity contribution in [3.05, 3.63) is 16.4 Å². The summed E-state index contributed by atoms with van der Waals surface area (Å²) in [5.41, 5.74) is 2.64. The predicted molar refractivity (Wildman–Crippen MR) is 82.0 cm³/mol. The van der Waals surface area contributed by atoms with Gasteiger partial charge in [0.1, 0.15) is 6.33 Å². The van der Waals surface area contributed by atoms with E-state index in [2.05, 4.69) is 15.4 Å². The van der Waals surface area contributed by atoms with Gasteiger partial charge in [-0.3, -0.25) is 15.5 Å². The minimum absolute atomic E-state index is 0.139. The minimum Gasteiger partial charge on any atom is -0.383 e. The van der Waals surface area contributed by atoms with Gasteiger partial charge in [0.25, 0.3) is 0 Å². The van der Waals surface area contributed by atoms with Crippen LogP contribution in [0.4, 0.5) is 17.3 Å². The number of ether oxygens (including phenoxy) is 2. The molecule has 10 nitrogen and oxygen atoms in total. The number of hydrogen-bond donors (Lipinski definition) is 1. The molecule has 1 aromatic heterocycles. The first-order chi connectivity index (χ1) is 10.5. The molecular weight excluding hydrogens is 292 g/mol. The summed E-state index contributed by atoms with van der Waals surface area (Å²) < 4.78 is 10.1. The molecule has 0 bridgehead atoms. The third-order valence-corrected chi connectivity index (χ3v) is 2.75. The Balaban J connectivity index is 3.18. The van der Waals surface area contributed by atoms with Crippen molar-refractivity contribution in [2.45, 2.75) is 0 Å². The third kappa shape index (κ3) is 5.06. The molecule has 1 heterocycles. The molecule has 124 valence electrons. The quantitative estimate of drug-likeness (QED) is 0.484. The zero-order chi connectivity index (χ0) is 16.5. The molecule has 0 saturated heterocycles. The van der Waals surface area contributed by atoms with Crippen LogP contribution in [0.15, 0.2) is 6.33 Å². The fraction of sp³-hybridized carbons (Fsp3) is 0.667. The average Bonchev–Trinajstić information content (AvgIpc) is 2.46. The number of aromatic nitrogens is 2. The summed E-state index contributed by atoms with van der Waals surface area (Å²) in [7, 11) is 6.59. The van der Waals surface area contributed by atoms with Gasteiger partial charge >= 0.3 is 5.69 Å². The Morgan fingerprint density at radius 1 is 1.23 bits per heavy atom. The fourth-order valence-corrected chi connectivity index (χ4v) is 1.79. The topological polar surface area (TPSA) is 106 Å². The van der Waals surface area contributed by atoms with Gasteiger partial charge in [0.05, 0.1) is 18.1 Å². The highest BCUT2D eigenvalue weighted by Gasteiger charge is 2.27. The number of anilines is 2. The molecule has 0 aliphatic carbocycles. The van der Waals surface area contributed by atoms with Crippen LogP contribution in [0.3, 0.4) is 0 Å². The highest BCUT2D eigenvalue weighted by atomic mass is 16.6. The normalized spacial score (nSPS) is 10.8. The third-order valence-electron chi connectivity index (χ3n) is 2.75. The van der Waals surface area contributed by atoms with Crippen molar-refractivity contribution in [3.8, 4) is 0 Å². The van der Waals surface area contributed by atoms with Gasteiger partial charge in [0, 0.05) is 41.4 Å². The van der Waals surface area contributed by atoms with Crippen LogP contribution in [0.2, 0.25) is 0 Å². The van der Waals surface area contributed by atoms with Crippen molar-refractivity contribution in [2.75, 3.05) is 64.9 Å². The number of hydrazine groups is 1. The Labute approximate surface area is 129 Å². The van der Waals surface area contributed by atoms with E-state index in [1.54, 1.807) is 38.2 Å². The monoisotopic (exact) mass is 314 g/mol. The number of rotatable bonds is 10. The van der Waals surface area contributed by atoms with E-state index in [1.165, 1.54) is 6.33 Å². The van der Waals surface area contributed by atoms with E-state index in [9.17, 15) is 10.1 Å².